The van der Waals surface area contributed by atoms with Crippen molar-refractivity contribution in [3.63, 3.8) is 0 Å². The van der Waals surface area contributed by atoms with Crippen molar-refractivity contribution in [1.29, 1.82) is 0 Å². The largest absolute Gasteiger partial charge is 0.379 e. The van der Waals surface area contributed by atoms with Crippen LogP contribution in [0.2, 0.25) is 0 Å². The van der Waals surface area contributed by atoms with Gasteiger partial charge in [0.05, 0.1) is 24.5 Å². The molecular formula is C23H29N3O3. The molecule has 1 aliphatic rings. The van der Waals surface area contributed by atoms with E-state index < -0.39 is 0 Å². The lowest BCUT2D eigenvalue weighted by molar-refractivity contribution is 0.0342. The summed E-state index contributed by atoms with van der Waals surface area (Å²) in [5.41, 5.74) is 2.70. The molecule has 2 aromatic rings. The molecule has 0 saturated carbocycles. The minimum absolute atomic E-state index is 0.0743. The van der Waals surface area contributed by atoms with E-state index in [2.05, 4.69) is 15.5 Å². The number of rotatable bonds is 7. The van der Waals surface area contributed by atoms with Crippen molar-refractivity contribution in [1.82, 2.24) is 10.2 Å². The van der Waals surface area contributed by atoms with Gasteiger partial charge in [-0.05, 0) is 43.2 Å². The number of anilines is 1. The molecule has 6 nitrogen and oxygen atoms in total. The minimum atomic E-state index is -0.230. The zero-order valence-electron chi connectivity index (χ0n) is 17.1. The van der Waals surface area contributed by atoms with E-state index in [9.17, 15) is 9.59 Å². The van der Waals surface area contributed by atoms with Gasteiger partial charge in [0.15, 0.2) is 0 Å². The van der Waals surface area contributed by atoms with Crippen LogP contribution < -0.4 is 10.6 Å². The Labute approximate surface area is 172 Å². The molecule has 1 aliphatic heterocycles. The number of nitrogens with zero attached hydrogens (tertiary/aromatic N) is 1. The molecule has 0 radical (unpaired) electrons. The van der Waals surface area contributed by atoms with E-state index in [1.54, 1.807) is 24.3 Å². The third kappa shape index (κ3) is 5.89. The van der Waals surface area contributed by atoms with Crippen LogP contribution >= 0.6 is 0 Å². The van der Waals surface area contributed by atoms with Gasteiger partial charge in [-0.3, -0.25) is 14.5 Å². The number of amides is 2. The molecule has 1 saturated heterocycles. The monoisotopic (exact) mass is 395 g/mol. The summed E-state index contributed by atoms with van der Waals surface area (Å²) in [6, 6.07) is 14.8. The van der Waals surface area contributed by atoms with Crippen molar-refractivity contribution in [2.45, 2.75) is 32.9 Å². The third-order valence-corrected chi connectivity index (χ3v) is 5.14. The second-order valence-corrected chi connectivity index (χ2v) is 7.37. The molecule has 29 heavy (non-hydrogen) atoms. The smallest absolute Gasteiger partial charge is 0.255 e. The van der Waals surface area contributed by atoms with Gasteiger partial charge in [-0.1, -0.05) is 31.2 Å². The Bertz CT molecular complexity index is 830. The Morgan fingerprint density at radius 3 is 2.41 bits per heavy atom. The van der Waals surface area contributed by atoms with Crippen LogP contribution in [0.5, 0.6) is 0 Å². The maximum atomic E-state index is 12.7. The first kappa shape index (κ1) is 21.0. The summed E-state index contributed by atoms with van der Waals surface area (Å²) in [6.07, 6.45) is 0.844. The van der Waals surface area contributed by atoms with Crippen LogP contribution in [-0.4, -0.2) is 49.1 Å². The lowest BCUT2D eigenvalue weighted by Gasteiger charge is -2.26. The number of hydrogen-bond donors (Lipinski definition) is 2. The Hall–Kier alpha value is -2.70. The summed E-state index contributed by atoms with van der Waals surface area (Å²) in [6.45, 7) is 8.22. The van der Waals surface area contributed by atoms with Gasteiger partial charge < -0.3 is 15.4 Å². The normalized spacial score (nSPS) is 15.5. The predicted molar refractivity (Wildman–Crippen MR) is 114 cm³/mol. The van der Waals surface area contributed by atoms with Gasteiger partial charge in [-0.25, -0.2) is 0 Å². The van der Waals surface area contributed by atoms with E-state index in [1.807, 2.05) is 38.1 Å². The van der Waals surface area contributed by atoms with Crippen LogP contribution in [0.25, 0.3) is 0 Å². The van der Waals surface area contributed by atoms with E-state index in [-0.39, 0.29) is 17.9 Å². The van der Waals surface area contributed by atoms with Crippen molar-refractivity contribution < 1.29 is 14.3 Å². The standard InChI is InChI=1S/C23H29N3O3/c1-3-17(2)24-23(28)20-6-4-5-7-21(20)25-22(27)19-10-8-18(9-11-19)16-26-12-14-29-15-13-26/h4-11,17H,3,12-16H2,1-2H3,(H,24,28)(H,25,27)/t17-/m0/s1. The molecule has 2 aromatic carbocycles. The number of morpholine rings is 1. The number of carbonyl (C=O) groups is 2. The SMILES string of the molecule is CC[C@H](C)NC(=O)c1ccccc1NC(=O)c1ccc(CN2CCOCC2)cc1. The quantitative estimate of drug-likeness (QED) is 0.755. The van der Waals surface area contributed by atoms with Gasteiger partial charge in [0.2, 0.25) is 0 Å². The highest BCUT2D eigenvalue weighted by Crippen LogP contribution is 2.17. The molecule has 0 aliphatic carbocycles. The first-order valence-electron chi connectivity index (χ1n) is 10.2. The first-order chi connectivity index (χ1) is 14.1. The Morgan fingerprint density at radius 2 is 1.72 bits per heavy atom. The summed E-state index contributed by atoms with van der Waals surface area (Å²) in [5, 5.41) is 5.81. The van der Waals surface area contributed by atoms with Crippen LogP contribution in [0.3, 0.4) is 0 Å². The molecule has 0 unspecified atom stereocenters. The summed E-state index contributed by atoms with van der Waals surface area (Å²) in [5.74, 6) is -0.414. The van der Waals surface area contributed by atoms with E-state index in [0.29, 0.717) is 16.8 Å². The molecule has 0 spiro atoms. The van der Waals surface area contributed by atoms with Gasteiger partial charge in [0.1, 0.15) is 0 Å². The molecule has 6 heteroatoms. The average molecular weight is 396 g/mol. The number of para-hydroxylation sites is 1. The van der Waals surface area contributed by atoms with E-state index in [1.165, 1.54) is 0 Å². The lowest BCUT2D eigenvalue weighted by atomic mass is 10.1. The molecule has 1 fully saturated rings. The lowest BCUT2D eigenvalue weighted by Crippen LogP contribution is -2.35. The predicted octanol–water partition coefficient (Wildman–Crippen LogP) is 3.30. The fourth-order valence-electron chi connectivity index (χ4n) is 3.17. The van der Waals surface area contributed by atoms with Crippen molar-refractivity contribution in [3.8, 4) is 0 Å². The van der Waals surface area contributed by atoms with Gasteiger partial charge in [-0.2, -0.15) is 0 Å². The zero-order chi connectivity index (χ0) is 20.6. The van der Waals surface area contributed by atoms with Crippen LogP contribution in [0.1, 0.15) is 46.5 Å². The summed E-state index contributed by atoms with van der Waals surface area (Å²) < 4.78 is 5.38. The third-order valence-electron chi connectivity index (χ3n) is 5.14. The van der Waals surface area contributed by atoms with Crippen molar-refractivity contribution >= 4 is 17.5 Å². The van der Waals surface area contributed by atoms with Gasteiger partial charge in [0, 0.05) is 31.2 Å². The van der Waals surface area contributed by atoms with Crippen LogP contribution in [-0.2, 0) is 11.3 Å². The van der Waals surface area contributed by atoms with Gasteiger partial charge >= 0.3 is 0 Å². The molecule has 154 valence electrons. The second kappa shape index (κ2) is 10.2. The number of hydrogen-bond acceptors (Lipinski definition) is 4. The molecule has 1 heterocycles. The highest BCUT2D eigenvalue weighted by molar-refractivity contribution is 6.09. The summed E-state index contributed by atoms with van der Waals surface area (Å²) in [4.78, 5) is 27.5. The van der Waals surface area contributed by atoms with Gasteiger partial charge in [0.25, 0.3) is 11.8 Å². The fraction of sp³-hybridized carbons (Fsp3) is 0.391. The van der Waals surface area contributed by atoms with E-state index >= 15 is 0 Å². The van der Waals surface area contributed by atoms with Crippen molar-refractivity contribution in [3.05, 3.63) is 65.2 Å². The molecule has 0 bridgehead atoms. The van der Waals surface area contributed by atoms with E-state index in [4.69, 9.17) is 4.74 Å². The van der Waals surface area contributed by atoms with E-state index in [0.717, 1.165) is 44.8 Å². The Kier molecular flexibility index (Phi) is 7.38. The number of benzene rings is 2. The van der Waals surface area contributed by atoms with Crippen LogP contribution in [0.15, 0.2) is 48.5 Å². The average Bonchev–Trinajstić information content (AvgIpc) is 2.75. The highest BCUT2D eigenvalue weighted by atomic mass is 16.5. The van der Waals surface area contributed by atoms with Crippen LogP contribution in [0.4, 0.5) is 5.69 Å². The van der Waals surface area contributed by atoms with Crippen LogP contribution in [0, 0.1) is 0 Å². The Balaban J connectivity index is 1.65. The Morgan fingerprint density at radius 1 is 1.03 bits per heavy atom. The number of carbonyl (C=O) groups excluding carboxylic acids is 2. The molecule has 2 N–H and O–H groups in total. The van der Waals surface area contributed by atoms with Gasteiger partial charge in [-0.15, -0.1) is 0 Å². The van der Waals surface area contributed by atoms with Crippen molar-refractivity contribution in [2.24, 2.45) is 0 Å². The first-order valence-corrected chi connectivity index (χ1v) is 10.2. The maximum absolute atomic E-state index is 12.7. The summed E-state index contributed by atoms with van der Waals surface area (Å²) in [7, 11) is 0. The fourth-order valence-corrected chi connectivity index (χ4v) is 3.17. The molecular weight excluding hydrogens is 366 g/mol. The molecule has 2 amide bonds. The zero-order valence-corrected chi connectivity index (χ0v) is 17.1. The van der Waals surface area contributed by atoms with Crippen molar-refractivity contribution in [2.75, 3.05) is 31.6 Å². The topological polar surface area (TPSA) is 70.7 Å². The maximum Gasteiger partial charge on any atom is 0.255 e. The molecule has 1 atom stereocenters. The summed E-state index contributed by atoms with van der Waals surface area (Å²) >= 11 is 0. The number of nitrogens with one attached hydrogen (secondary N) is 2. The minimum Gasteiger partial charge on any atom is -0.379 e. The molecule has 0 aromatic heterocycles. The second-order valence-electron chi connectivity index (χ2n) is 7.37. The molecule has 3 rings (SSSR count). The highest BCUT2D eigenvalue weighted by Gasteiger charge is 2.16. The number of ether oxygens (including phenoxy) is 1.